The molecule has 136 valence electrons. The second kappa shape index (κ2) is 8.51. The summed E-state index contributed by atoms with van der Waals surface area (Å²) in [5.41, 5.74) is 1.13. The fourth-order valence-corrected chi connectivity index (χ4v) is 3.15. The van der Waals surface area contributed by atoms with Crippen molar-refractivity contribution in [1.82, 2.24) is 5.32 Å². The van der Waals surface area contributed by atoms with E-state index in [1.165, 1.54) is 7.11 Å². The van der Waals surface area contributed by atoms with Gasteiger partial charge in [0.05, 0.1) is 35.9 Å². The quantitative estimate of drug-likeness (QED) is 0.628. The number of ether oxygens (including phenoxy) is 1. The SMILES string of the molecule is COC(=O)C[C@H]1C(=O)NCC[NH+]1CC(=O)Nc1c(Cl)ccc(C)c1Cl. The number of anilines is 1. The maximum atomic E-state index is 12.4. The highest BCUT2D eigenvalue weighted by atomic mass is 35.5. The normalized spacial score (nSPS) is 19.9. The van der Waals surface area contributed by atoms with Crippen molar-refractivity contribution in [3.63, 3.8) is 0 Å². The molecule has 1 unspecified atom stereocenters. The first-order valence-corrected chi connectivity index (χ1v) is 8.52. The van der Waals surface area contributed by atoms with Gasteiger partial charge in [0.1, 0.15) is 6.42 Å². The fraction of sp³-hybridized carbons (Fsp3) is 0.438. The summed E-state index contributed by atoms with van der Waals surface area (Å²) >= 11 is 12.3. The van der Waals surface area contributed by atoms with Crippen LogP contribution >= 0.6 is 23.2 Å². The van der Waals surface area contributed by atoms with Crippen LogP contribution in [0.5, 0.6) is 0 Å². The molecule has 1 heterocycles. The Morgan fingerprint density at radius 1 is 1.40 bits per heavy atom. The summed E-state index contributed by atoms with van der Waals surface area (Å²) in [6.07, 6.45) is -0.0864. The zero-order chi connectivity index (χ0) is 18.6. The first-order chi connectivity index (χ1) is 11.8. The topological polar surface area (TPSA) is 88.9 Å². The van der Waals surface area contributed by atoms with Crippen molar-refractivity contribution < 1.29 is 24.0 Å². The number of piperazine rings is 1. The fourth-order valence-electron chi connectivity index (χ4n) is 2.69. The molecule has 1 aromatic rings. The summed E-state index contributed by atoms with van der Waals surface area (Å²) in [7, 11) is 1.26. The number of aryl methyl sites for hydroxylation is 1. The molecule has 2 amide bonds. The zero-order valence-corrected chi connectivity index (χ0v) is 15.5. The summed E-state index contributed by atoms with van der Waals surface area (Å²) in [5, 5.41) is 6.10. The molecule has 2 rings (SSSR count). The van der Waals surface area contributed by atoms with Crippen LogP contribution in [0.4, 0.5) is 5.69 Å². The maximum absolute atomic E-state index is 12.4. The van der Waals surface area contributed by atoms with E-state index < -0.39 is 12.0 Å². The van der Waals surface area contributed by atoms with Crippen molar-refractivity contribution in [3.05, 3.63) is 27.7 Å². The van der Waals surface area contributed by atoms with Gasteiger partial charge < -0.3 is 20.3 Å². The number of halogens is 2. The van der Waals surface area contributed by atoms with Crippen LogP contribution in [0.1, 0.15) is 12.0 Å². The van der Waals surface area contributed by atoms with Gasteiger partial charge in [0, 0.05) is 0 Å². The summed E-state index contributed by atoms with van der Waals surface area (Å²) in [6, 6.07) is 2.74. The average molecular weight is 389 g/mol. The monoisotopic (exact) mass is 388 g/mol. The van der Waals surface area contributed by atoms with Crippen molar-refractivity contribution in [2.75, 3.05) is 32.1 Å². The highest BCUT2D eigenvalue weighted by Gasteiger charge is 2.36. The Bertz CT molecular complexity index is 696. The van der Waals surface area contributed by atoms with Gasteiger partial charge in [0.25, 0.3) is 11.8 Å². The largest absolute Gasteiger partial charge is 0.469 e. The molecule has 1 fully saturated rings. The van der Waals surface area contributed by atoms with Crippen molar-refractivity contribution in [1.29, 1.82) is 0 Å². The second-order valence-corrected chi connectivity index (χ2v) is 6.60. The minimum absolute atomic E-state index is 0.00960. The summed E-state index contributed by atoms with van der Waals surface area (Å²) in [6.45, 7) is 2.78. The van der Waals surface area contributed by atoms with Crippen LogP contribution in [0.2, 0.25) is 10.0 Å². The molecule has 0 aliphatic carbocycles. The van der Waals surface area contributed by atoms with Crippen LogP contribution in [-0.4, -0.2) is 50.6 Å². The molecule has 0 spiro atoms. The van der Waals surface area contributed by atoms with E-state index in [1.54, 1.807) is 19.1 Å². The molecule has 1 aliphatic heterocycles. The number of quaternary nitrogens is 1. The Morgan fingerprint density at radius 3 is 2.80 bits per heavy atom. The Kier molecular flexibility index (Phi) is 6.64. The third-order valence-corrected chi connectivity index (χ3v) is 4.89. The van der Waals surface area contributed by atoms with Gasteiger partial charge in [-0.15, -0.1) is 0 Å². The predicted molar refractivity (Wildman–Crippen MR) is 94.0 cm³/mol. The van der Waals surface area contributed by atoms with Gasteiger partial charge in [-0.05, 0) is 18.6 Å². The predicted octanol–water partition coefficient (Wildman–Crippen LogP) is 0.187. The van der Waals surface area contributed by atoms with Crippen LogP contribution in [-0.2, 0) is 19.1 Å². The summed E-state index contributed by atoms with van der Waals surface area (Å²) < 4.78 is 4.63. The molecule has 0 saturated carbocycles. The molecule has 9 heteroatoms. The van der Waals surface area contributed by atoms with E-state index in [-0.39, 0.29) is 24.8 Å². The molecule has 3 N–H and O–H groups in total. The lowest BCUT2D eigenvalue weighted by Crippen LogP contribution is -3.20. The minimum atomic E-state index is -0.671. The lowest BCUT2D eigenvalue weighted by molar-refractivity contribution is -0.909. The van der Waals surface area contributed by atoms with Gasteiger partial charge in [0.2, 0.25) is 0 Å². The third kappa shape index (κ3) is 4.84. The molecular formula is C16H20Cl2N3O4+. The molecule has 1 aliphatic rings. The molecule has 0 radical (unpaired) electrons. The number of carbonyl (C=O) groups excluding carboxylic acids is 3. The van der Waals surface area contributed by atoms with E-state index in [1.807, 2.05) is 0 Å². The molecule has 0 aromatic heterocycles. The van der Waals surface area contributed by atoms with Gasteiger partial charge in [-0.3, -0.25) is 14.4 Å². The van der Waals surface area contributed by atoms with Gasteiger partial charge >= 0.3 is 5.97 Å². The van der Waals surface area contributed by atoms with Gasteiger partial charge in [-0.25, -0.2) is 0 Å². The van der Waals surface area contributed by atoms with E-state index in [2.05, 4.69) is 15.4 Å². The number of hydrogen-bond acceptors (Lipinski definition) is 4. The average Bonchev–Trinajstić information content (AvgIpc) is 2.58. The molecule has 1 aromatic carbocycles. The van der Waals surface area contributed by atoms with Gasteiger partial charge in [-0.1, -0.05) is 29.3 Å². The third-order valence-electron chi connectivity index (χ3n) is 4.09. The van der Waals surface area contributed by atoms with Crippen LogP contribution in [0.3, 0.4) is 0 Å². The summed E-state index contributed by atoms with van der Waals surface area (Å²) in [4.78, 5) is 36.7. The Balaban J connectivity index is 2.09. The van der Waals surface area contributed by atoms with E-state index in [9.17, 15) is 14.4 Å². The van der Waals surface area contributed by atoms with E-state index in [4.69, 9.17) is 23.2 Å². The lowest BCUT2D eigenvalue weighted by atomic mass is 10.1. The van der Waals surface area contributed by atoms with Crippen molar-refractivity contribution >= 4 is 46.7 Å². The van der Waals surface area contributed by atoms with Crippen molar-refractivity contribution in [2.24, 2.45) is 0 Å². The Hall–Kier alpha value is -1.83. The van der Waals surface area contributed by atoms with Crippen LogP contribution < -0.4 is 15.5 Å². The number of nitrogens with one attached hydrogen (secondary N) is 3. The van der Waals surface area contributed by atoms with E-state index in [0.29, 0.717) is 33.7 Å². The minimum Gasteiger partial charge on any atom is -0.469 e. The first kappa shape index (κ1) is 19.5. The van der Waals surface area contributed by atoms with E-state index in [0.717, 1.165) is 5.56 Å². The molecule has 25 heavy (non-hydrogen) atoms. The highest BCUT2D eigenvalue weighted by molar-refractivity contribution is 6.40. The molecule has 2 atom stereocenters. The van der Waals surface area contributed by atoms with Gasteiger partial charge in [0.15, 0.2) is 12.6 Å². The number of esters is 1. The van der Waals surface area contributed by atoms with Crippen LogP contribution in [0.15, 0.2) is 12.1 Å². The Morgan fingerprint density at radius 2 is 2.12 bits per heavy atom. The number of hydrogen-bond donors (Lipinski definition) is 3. The lowest BCUT2D eigenvalue weighted by Gasteiger charge is -2.30. The standard InChI is InChI=1S/C16H19Cl2N3O4/c1-9-3-4-10(17)15(14(9)18)20-12(22)8-21-6-5-19-16(24)11(21)7-13(23)25-2/h3-4,11H,5-8H2,1-2H3,(H,19,24)(H,20,22)/p+1/t11-/m0/s1. The van der Waals surface area contributed by atoms with Gasteiger partial charge in [-0.2, -0.15) is 0 Å². The smallest absolute Gasteiger partial charge is 0.312 e. The number of benzene rings is 1. The molecule has 1 saturated heterocycles. The zero-order valence-electron chi connectivity index (χ0n) is 13.9. The number of amides is 2. The second-order valence-electron chi connectivity index (χ2n) is 5.81. The molecular weight excluding hydrogens is 369 g/mol. The van der Waals surface area contributed by atoms with Crippen LogP contribution in [0.25, 0.3) is 0 Å². The first-order valence-electron chi connectivity index (χ1n) is 7.77. The Labute approximate surface area is 155 Å². The molecule has 0 bridgehead atoms. The molecule has 7 nitrogen and oxygen atoms in total. The number of carbonyl (C=O) groups is 3. The highest BCUT2D eigenvalue weighted by Crippen LogP contribution is 2.32. The summed E-state index contributed by atoms with van der Waals surface area (Å²) in [5.74, 6) is -1.11. The maximum Gasteiger partial charge on any atom is 0.312 e. The van der Waals surface area contributed by atoms with Crippen molar-refractivity contribution in [2.45, 2.75) is 19.4 Å². The number of methoxy groups -OCH3 is 1. The van der Waals surface area contributed by atoms with E-state index >= 15 is 0 Å². The van der Waals surface area contributed by atoms with Crippen molar-refractivity contribution in [3.8, 4) is 0 Å². The number of rotatable bonds is 5. The van der Waals surface area contributed by atoms with Crippen LogP contribution in [0, 0.1) is 6.92 Å².